The van der Waals surface area contributed by atoms with Crippen LogP contribution in [-0.4, -0.2) is 55.1 Å². The molecule has 0 unspecified atom stereocenters. The van der Waals surface area contributed by atoms with Crippen LogP contribution >= 0.6 is 0 Å². The van der Waals surface area contributed by atoms with E-state index in [9.17, 15) is 0 Å². The van der Waals surface area contributed by atoms with Gasteiger partial charge in [-0.2, -0.15) is 0 Å². The molecule has 0 bridgehead atoms. The van der Waals surface area contributed by atoms with Gasteiger partial charge in [-0.3, -0.25) is 4.90 Å². The van der Waals surface area contributed by atoms with E-state index in [1.54, 1.807) is 0 Å². The van der Waals surface area contributed by atoms with Crippen molar-refractivity contribution < 1.29 is 0 Å². The summed E-state index contributed by atoms with van der Waals surface area (Å²) in [7, 11) is 2.19. The van der Waals surface area contributed by atoms with Crippen molar-refractivity contribution in [2.24, 2.45) is 5.73 Å². The zero-order valence-corrected chi connectivity index (χ0v) is 7.92. The quantitative estimate of drug-likeness (QED) is 0.617. The van der Waals surface area contributed by atoms with Gasteiger partial charge in [0.2, 0.25) is 0 Å². The maximum atomic E-state index is 5.78. The number of nitrogens with zero attached hydrogens (tertiary/aromatic N) is 2. The van der Waals surface area contributed by atoms with E-state index in [2.05, 4.69) is 16.8 Å². The third-order valence-electron chi connectivity index (χ3n) is 3.38. The van der Waals surface area contributed by atoms with Crippen LogP contribution in [0.4, 0.5) is 0 Å². The SMILES string of the molecule is CN1CCN(C2(CN)CC2)CC1. The predicted molar refractivity (Wildman–Crippen MR) is 50.1 cm³/mol. The fourth-order valence-electron chi connectivity index (χ4n) is 2.07. The summed E-state index contributed by atoms with van der Waals surface area (Å²) in [6.07, 6.45) is 2.65. The molecule has 0 atom stereocenters. The summed E-state index contributed by atoms with van der Waals surface area (Å²) in [5.74, 6) is 0. The molecule has 2 N–H and O–H groups in total. The van der Waals surface area contributed by atoms with Gasteiger partial charge < -0.3 is 10.6 Å². The van der Waals surface area contributed by atoms with Crippen molar-refractivity contribution >= 4 is 0 Å². The van der Waals surface area contributed by atoms with Gasteiger partial charge in [0, 0.05) is 38.3 Å². The summed E-state index contributed by atoms with van der Waals surface area (Å²) in [6.45, 7) is 5.71. The van der Waals surface area contributed by atoms with Crippen LogP contribution in [-0.2, 0) is 0 Å². The van der Waals surface area contributed by atoms with Crippen LogP contribution in [0.5, 0.6) is 0 Å². The lowest BCUT2D eigenvalue weighted by Crippen LogP contribution is -2.52. The summed E-state index contributed by atoms with van der Waals surface area (Å²) in [5, 5.41) is 0. The molecule has 3 heteroatoms. The summed E-state index contributed by atoms with van der Waals surface area (Å²) < 4.78 is 0. The van der Waals surface area contributed by atoms with E-state index in [-0.39, 0.29) is 0 Å². The van der Waals surface area contributed by atoms with Crippen LogP contribution in [0.2, 0.25) is 0 Å². The molecule has 2 rings (SSSR count). The van der Waals surface area contributed by atoms with Crippen molar-refractivity contribution in [1.29, 1.82) is 0 Å². The van der Waals surface area contributed by atoms with Gasteiger partial charge in [-0.1, -0.05) is 0 Å². The number of hydrogen-bond donors (Lipinski definition) is 1. The van der Waals surface area contributed by atoms with Crippen molar-refractivity contribution in [3.8, 4) is 0 Å². The highest BCUT2D eigenvalue weighted by Gasteiger charge is 2.46. The topological polar surface area (TPSA) is 32.5 Å². The molecule has 1 heterocycles. The van der Waals surface area contributed by atoms with Gasteiger partial charge in [-0.25, -0.2) is 0 Å². The first-order chi connectivity index (χ1) is 5.77. The van der Waals surface area contributed by atoms with E-state index >= 15 is 0 Å². The lowest BCUT2D eigenvalue weighted by Gasteiger charge is -2.37. The van der Waals surface area contributed by atoms with Crippen molar-refractivity contribution in [2.45, 2.75) is 18.4 Å². The number of likely N-dealkylation sites (N-methyl/N-ethyl adjacent to an activating group) is 1. The largest absolute Gasteiger partial charge is 0.329 e. The van der Waals surface area contributed by atoms with E-state index in [0.29, 0.717) is 5.54 Å². The van der Waals surface area contributed by atoms with Crippen LogP contribution < -0.4 is 5.73 Å². The van der Waals surface area contributed by atoms with Gasteiger partial charge in [0.05, 0.1) is 0 Å². The second-order valence-corrected chi connectivity index (χ2v) is 4.22. The Hall–Kier alpha value is -0.120. The fourth-order valence-corrected chi connectivity index (χ4v) is 2.07. The summed E-state index contributed by atoms with van der Waals surface area (Å²) in [5.41, 5.74) is 6.21. The van der Waals surface area contributed by atoms with Crippen LogP contribution in [0, 0.1) is 0 Å². The van der Waals surface area contributed by atoms with Gasteiger partial charge in [-0.15, -0.1) is 0 Å². The second kappa shape index (κ2) is 2.98. The summed E-state index contributed by atoms with van der Waals surface area (Å²) in [6, 6.07) is 0. The van der Waals surface area contributed by atoms with Crippen LogP contribution in [0.15, 0.2) is 0 Å². The van der Waals surface area contributed by atoms with Crippen LogP contribution in [0.1, 0.15) is 12.8 Å². The molecule has 0 aromatic heterocycles. The van der Waals surface area contributed by atoms with Crippen molar-refractivity contribution in [3.63, 3.8) is 0 Å². The highest BCUT2D eigenvalue weighted by atomic mass is 15.3. The molecule has 1 saturated carbocycles. The Morgan fingerprint density at radius 1 is 1.17 bits per heavy atom. The third-order valence-corrected chi connectivity index (χ3v) is 3.38. The molecule has 0 spiro atoms. The van der Waals surface area contributed by atoms with Crippen molar-refractivity contribution in [1.82, 2.24) is 9.80 Å². The lowest BCUT2D eigenvalue weighted by molar-refractivity contribution is 0.102. The van der Waals surface area contributed by atoms with E-state index in [4.69, 9.17) is 5.73 Å². The molecule has 0 amide bonds. The molecule has 1 saturated heterocycles. The Bertz CT molecular complexity index is 157. The minimum atomic E-state index is 0.432. The minimum absolute atomic E-state index is 0.432. The molecule has 0 radical (unpaired) electrons. The minimum Gasteiger partial charge on any atom is -0.329 e. The third kappa shape index (κ3) is 1.37. The molecular formula is C9H19N3. The van der Waals surface area contributed by atoms with Gasteiger partial charge >= 0.3 is 0 Å². The first kappa shape index (κ1) is 8.48. The lowest BCUT2D eigenvalue weighted by atomic mass is 10.2. The average molecular weight is 169 g/mol. The second-order valence-electron chi connectivity index (χ2n) is 4.22. The smallest absolute Gasteiger partial charge is 0.0334 e. The normalized spacial score (nSPS) is 30.5. The fraction of sp³-hybridized carbons (Fsp3) is 1.00. The molecule has 0 aromatic carbocycles. The van der Waals surface area contributed by atoms with Crippen molar-refractivity contribution in [3.05, 3.63) is 0 Å². The molecule has 3 nitrogen and oxygen atoms in total. The molecule has 0 aromatic rings. The van der Waals surface area contributed by atoms with Crippen LogP contribution in [0.3, 0.4) is 0 Å². The Morgan fingerprint density at radius 3 is 2.17 bits per heavy atom. The maximum absolute atomic E-state index is 5.78. The zero-order valence-electron chi connectivity index (χ0n) is 7.92. The number of nitrogens with two attached hydrogens (primary N) is 1. The summed E-state index contributed by atoms with van der Waals surface area (Å²) >= 11 is 0. The Labute approximate surface area is 74.5 Å². The first-order valence-corrected chi connectivity index (χ1v) is 4.90. The number of rotatable bonds is 2. The molecule has 12 heavy (non-hydrogen) atoms. The van der Waals surface area contributed by atoms with E-state index in [1.165, 1.54) is 39.0 Å². The molecule has 2 aliphatic rings. The van der Waals surface area contributed by atoms with Gasteiger partial charge in [0.15, 0.2) is 0 Å². The van der Waals surface area contributed by atoms with Gasteiger partial charge in [0.25, 0.3) is 0 Å². The molecule has 2 fully saturated rings. The predicted octanol–water partition coefficient (Wildman–Crippen LogP) is -0.275. The van der Waals surface area contributed by atoms with E-state index in [0.717, 1.165) is 6.54 Å². The van der Waals surface area contributed by atoms with E-state index in [1.807, 2.05) is 0 Å². The molecule has 70 valence electrons. The Balaban J connectivity index is 1.89. The highest BCUT2D eigenvalue weighted by molar-refractivity contribution is 5.05. The maximum Gasteiger partial charge on any atom is 0.0334 e. The highest BCUT2D eigenvalue weighted by Crippen LogP contribution is 2.40. The Morgan fingerprint density at radius 2 is 1.75 bits per heavy atom. The van der Waals surface area contributed by atoms with Gasteiger partial charge in [0.1, 0.15) is 0 Å². The van der Waals surface area contributed by atoms with Gasteiger partial charge in [-0.05, 0) is 19.9 Å². The summed E-state index contributed by atoms with van der Waals surface area (Å²) in [4.78, 5) is 4.98. The van der Waals surface area contributed by atoms with Crippen molar-refractivity contribution in [2.75, 3.05) is 39.8 Å². The monoisotopic (exact) mass is 169 g/mol. The van der Waals surface area contributed by atoms with Crippen LogP contribution in [0.25, 0.3) is 0 Å². The zero-order chi connectivity index (χ0) is 8.60. The Kier molecular flexibility index (Phi) is 2.10. The average Bonchev–Trinajstić information content (AvgIpc) is 2.86. The first-order valence-electron chi connectivity index (χ1n) is 4.90. The molecule has 1 aliphatic heterocycles. The number of piperazine rings is 1. The standard InChI is InChI=1S/C9H19N3/c1-11-4-6-12(7-5-11)9(8-10)2-3-9/h2-8,10H2,1H3. The molecule has 1 aliphatic carbocycles. The number of hydrogen-bond acceptors (Lipinski definition) is 3. The van der Waals surface area contributed by atoms with E-state index < -0.39 is 0 Å². The molecular weight excluding hydrogens is 150 g/mol.